The number of aromatic nitrogens is 1. The van der Waals surface area contributed by atoms with Crippen LogP contribution in [0.4, 0.5) is 5.69 Å². The summed E-state index contributed by atoms with van der Waals surface area (Å²) in [5.41, 5.74) is 0.990. The average molecular weight is 310 g/mol. The van der Waals surface area contributed by atoms with Gasteiger partial charge in [0.25, 0.3) is 5.91 Å². The SMILES string of the molecule is C[C@H]1CC[C@@H](C(=O)N2CCN(c3ccncc3Cl)CC2)O1. The normalized spacial score (nSPS) is 26.2. The van der Waals surface area contributed by atoms with Crippen molar-refractivity contribution < 1.29 is 9.53 Å². The maximum absolute atomic E-state index is 12.4. The molecule has 2 saturated heterocycles. The number of ether oxygens (including phenoxy) is 1. The summed E-state index contributed by atoms with van der Waals surface area (Å²) in [4.78, 5) is 20.5. The molecule has 2 fully saturated rings. The number of carbonyl (C=O) groups is 1. The maximum atomic E-state index is 12.4. The van der Waals surface area contributed by atoms with Crippen molar-refractivity contribution in [3.05, 3.63) is 23.5 Å². The highest BCUT2D eigenvalue weighted by molar-refractivity contribution is 6.33. The number of hydrogen-bond donors (Lipinski definition) is 0. The molecular weight excluding hydrogens is 290 g/mol. The highest BCUT2D eigenvalue weighted by Crippen LogP contribution is 2.26. The molecule has 1 amide bonds. The van der Waals surface area contributed by atoms with Crippen LogP contribution in [0.3, 0.4) is 0 Å². The Morgan fingerprint density at radius 2 is 2.10 bits per heavy atom. The van der Waals surface area contributed by atoms with Crippen molar-refractivity contribution in [3.63, 3.8) is 0 Å². The number of rotatable bonds is 2. The first-order chi connectivity index (χ1) is 10.1. The van der Waals surface area contributed by atoms with Gasteiger partial charge in [-0.05, 0) is 25.8 Å². The third-order valence-electron chi connectivity index (χ3n) is 4.19. The monoisotopic (exact) mass is 309 g/mol. The van der Waals surface area contributed by atoms with Gasteiger partial charge in [-0.2, -0.15) is 0 Å². The number of piperazine rings is 1. The van der Waals surface area contributed by atoms with Crippen LogP contribution in [0.5, 0.6) is 0 Å². The molecule has 2 atom stereocenters. The Morgan fingerprint density at radius 3 is 2.71 bits per heavy atom. The average Bonchev–Trinajstić information content (AvgIpc) is 2.94. The van der Waals surface area contributed by atoms with Crippen LogP contribution in [-0.4, -0.2) is 54.2 Å². The maximum Gasteiger partial charge on any atom is 0.251 e. The van der Waals surface area contributed by atoms with Crippen LogP contribution in [0.2, 0.25) is 5.02 Å². The fourth-order valence-corrected chi connectivity index (χ4v) is 3.22. The van der Waals surface area contributed by atoms with Gasteiger partial charge in [-0.1, -0.05) is 11.6 Å². The van der Waals surface area contributed by atoms with Crippen molar-refractivity contribution in [3.8, 4) is 0 Å². The lowest BCUT2D eigenvalue weighted by molar-refractivity contribution is -0.142. The second-order valence-electron chi connectivity index (χ2n) is 5.65. The molecule has 2 aliphatic rings. The van der Waals surface area contributed by atoms with Gasteiger partial charge >= 0.3 is 0 Å². The third kappa shape index (κ3) is 3.14. The van der Waals surface area contributed by atoms with Gasteiger partial charge in [-0.25, -0.2) is 0 Å². The summed E-state index contributed by atoms with van der Waals surface area (Å²) < 4.78 is 5.67. The van der Waals surface area contributed by atoms with Gasteiger partial charge in [0.2, 0.25) is 0 Å². The molecular formula is C15H20ClN3O2. The number of nitrogens with zero attached hydrogens (tertiary/aromatic N) is 3. The van der Waals surface area contributed by atoms with Gasteiger partial charge < -0.3 is 14.5 Å². The number of halogens is 1. The first-order valence-electron chi connectivity index (χ1n) is 7.44. The van der Waals surface area contributed by atoms with E-state index in [-0.39, 0.29) is 18.1 Å². The Labute approximate surface area is 129 Å². The molecule has 0 spiro atoms. The molecule has 5 nitrogen and oxygen atoms in total. The summed E-state index contributed by atoms with van der Waals surface area (Å²) in [7, 11) is 0. The van der Waals surface area contributed by atoms with Crippen molar-refractivity contribution in [2.45, 2.75) is 32.0 Å². The molecule has 3 rings (SSSR count). The molecule has 0 radical (unpaired) electrons. The van der Waals surface area contributed by atoms with E-state index in [0.717, 1.165) is 31.6 Å². The van der Waals surface area contributed by atoms with E-state index in [1.54, 1.807) is 12.4 Å². The Bertz CT molecular complexity index is 517. The molecule has 2 aliphatic heterocycles. The van der Waals surface area contributed by atoms with Crippen LogP contribution in [-0.2, 0) is 9.53 Å². The van der Waals surface area contributed by atoms with E-state index in [9.17, 15) is 4.79 Å². The smallest absolute Gasteiger partial charge is 0.251 e. The van der Waals surface area contributed by atoms with Crippen molar-refractivity contribution in [1.82, 2.24) is 9.88 Å². The van der Waals surface area contributed by atoms with Gasteiger partial charge in [-0.15, -0.1) is 0 Å². The quantitative estimate of drug-likeness (QED) is 0.838. The second-order valence-corrected chi connectivity index (χ2v) is 6.06. The number of anilines is 1. The predicted octanol–water partition coefficient (Wildman–Crippen LogP) is 1.95. The van der Waals surface area contributed by atoms with Crippen LogP contribution in [0.25, 0.3) is 0 Å². The van der Waals surface area contributed by atoms with Gasteiger partial charge in [0.15, 0.2) is 0 Å². The predicted molar refractivity (Wildman–Crippen MR) is 81.6 cm³/mol. The van der Waals surface area contributed by atoms with E-state index >= 15 is 0 Å². The summed E-state index contributed by atoms with van der Waals surface area (Å²) in [6.45, 7) is 5.03. The fourth-order valence-electron chi connectivity index (χ4n) is 2.98. The minimum atomic E-state index is -0.240. The van der Waals surface area contributed by atoms with Crippen molar-refractivity contribution >= 4 is 23.2 Å². The zero-order chi connectivity index (χ0) is 14.8. The zero-order valence-electron chi connectivity index (χ0n) is 12.2. The van der Waals surface area contributed by atoms with Crippen molar-refractivity contribution in [1.29, 1.82) is 0 Å². The highest BCUT2D eigenvalue weighted by atomic mass is 35.5. The molecule has 3 heterocycles. The van der Waals surface area contributed by atoms with E-state index < -0.39 is 0 Å². The van der Waals surface area contributed by atoms with E-state index in [4.69, 9.17) is 16.3 Å². The van der Waals surface area contributed by atoms with Gasteiger partial charge in [0.1, 0.15) is 6.10 Å². The molecule has 6 heteroatoms. The summed E-state index contributed by atoms with van der Waals surface area (Å²) in [5, 5.41) is 0.658. The Hall–Kier alpha value is -1.33. The van der Waals surface area contributed by atoms with Gasteiger partial charge in [-0.3, -0.25) is 9.78 Å². The molecule has 114 valence electrons. The number of pyridine rings is 1. The summed E-state index contributed by atoms with van der Waals surface area (Å²) in [6.07, 6.45) is 5.18. The lowest BCUT2D eigenvalue weighted by Crippen LogP contribution is -2.51. The standard InChI is InChI=1S/C15H20ClN3O2/c1-11-2-3-14(21-11)15(20)19-8-6-18(7-9-19)13-4-5-17-10-12(13)16/h4-5,10-11,14H,2-3,6-9H2,1H3/t11-,14-/m0/s1. The van der Waals surface area contributed by atoms with Crippen LogP contribution in [0.15, 0.2) is 18.5 Å². The molecule has 0 saturated carbocycles. The first-order valence-corrected chi connectivity index (χ1v) is 7.81. The van der Waals surface area contributed by atoms with Crippen LogP contribution in [0, 0.1) is 0 Å². The molecule has 0 aliphatic carbocycles. The van der Waals surface area contributed by atoms with E-state index in [1.165, 1.54) is 0 Å². The minimum Gasteiger partial charge on any atom is -0.367 e. The second kappa shape index (κ2) is 6.20. The van der Waals surface area contributed by atoms with Crippen LogP contribution >= 0.6 is 11.6 Å². The van der Waals surface area contributed by atoms with Crippen LogP contribution in [0.1, 0.15) is 19.8 Å². The third-order valence-corrected chi connectivity index (χ3v) is 4.48. The molecule has 0 N–H and O–H groups in total. The molecule has 21 heavy (non-hydrogen) atoms. The topological polar surface area (TPSA) is 45.7 Å². The lowest BCUT2D eigenvalue weighted by atomic mass is 10.1. The Morgan fingerprint density at radius 1 is 1.33 bits per heavy atom. The summed E-state index contributed by atoms with van der Waals surface area (Å²) >= 11 is 6.17. The van der Waals surface area contributed by atoms with E-state index in [0.29, 0.717) is 18.1 Å². The Balaban J connectivity index is 1.58. The van der Waals surface area contributed by atoms with Crippen molar-refractivity contribution in [2.24, 2.45) is 0 Å². The number of carbonyl (C=O) groups excluding carboxylic acids is 1. The first kappa shape index (κ1) is 14.6. The Kier molecular flexibility index (Phi) is 4.31. The fraction of sp³-hybridized carbons (Fsp3) is 0.600. The van der Waals surface area contributed by atoms with E-state index in [2.05, 4.69) is 9.88 Å². The van der Waals surface area contributed by atoms with E-state index in [1.807, 2.05) is 17.9 Å². The van der Waals surface area contributed by atoms with Crippen molar-refractivity contribution in [2.75, 3.05) is 31.1 Å². The van der Waals surface area contributed by atoms with Crippen LogP contribution < -0.4 is 4.90 Å². The number of amides is 1. The highest BCUT2D eigenvalue weighted by Gasteiger charge is 2.33. The molecule has 1 aromatic rings. The van der Waals surface area contributed by atoms with Gasteiger partial charge in [0, 0.05) is 38.6 Å². The summed E-state index contributed by atoms with van der Waals surface area (Å²) in [5.74, 6) is 0.139. The summed E-state index contributed by atoms with van der Waals surface area (Å²) in [6, 6.07) is 1.92. The minimum absolute atomic E-state index is 0.139. The molecule has 1 aromatic heterocycles. The van der Waals surface area contributed by atoms with Gasteiger partial charge in [0.05, 0.1) is 16.8 Å². The zero-order valence-corrected chi connectivity index (χ0v) is 12.9. The number of hydrogen-bond acceptors (Lipinski definition) is 4. The molecule has 0 unspecified atom stereocenters. The largest absolute Gasteiger partial charge is 0.367 e. The lowest BCUT2D eigenvalue weighted by Gasteiger charge is -2.37. The molecule has 0 bridgehead atoms. The molecule has 0 aromatic carbocycles.